The number of sulfonamides is 1. The van der Waals surface area contributed by atoms with Gasteiger partial charge in [0.25, 0.3) is 5.91 Å². The number of carbonyl (C=O) groups excluding carboxylic acids is 2. The van der Waals surface area contributed by atoms with Crippen molar-refractivity contribution in [1.82, 2.24) is 14.5 Å². The maximum absolute atomic E-state index is 12.8. The number of benzene rings is 1. The SMILES string of the molecule is CC1CN(C(=O)c2ccc(S(=O)(=O)N3CCNC(=O)C3)cc2)CC(C)(C)O1. The van der Waals surface area contributed by atoms with E-state index in [1.54, 1.807) is 4.90 Å². The van der Waals surface area contributed by atoms with Gasteiger partial charge >= 0.3 is 0 Å². The van der Waals surface area contributed by atoms with Crippen molar-refractivity contribution in [3.63, 3.8) is 0 Å². The fourth-order valence-electron chi connectivity index (χ4n) is 3.53. The number of piperazine rings is 1. The molecule has 2 aliphatic rings. The largest absolute Gasteiger partial charge is 0.369 e. The summed E-state index contributed by atoms with van der Waals surface area (Å²) in [6.45, 7) is 7.09. The lowest BCUT2D eigenvalue weighted by Crippen LogP contribution is -2.53. The van der Waals surface area contributed by atoms with Gasteiger partial charge in [0, 0.05) is 31.7 Å². The third kappa shape index (κ3) is 4.31. The fourth-order valence-corrected chi connectivity index (χ4v) is 4.93. The third-order valence-corrected chi connectivity index (χ3v) is 6.46. The molecular weight excluding hydrogens is 370 g/mol. The number of carbonyl (C=O) groups is 2. The first-order valence-corrected chi connectivity index (χ1v) is 10.4. The molecule has 2 amide bonds. The Morgan fingerprint density at radius 1 is 1.26 bits per heavy atom. The van der Waals surface area contributed by atoms with E-state index in [4.69, 9.17) is 4.74 Å². The highest BCUT2D eigenvalue weighted by atomic mass is 32.2. The fraction of sp³-hybridized carbons (Fsp3) is 0.556. The minimum absolute atomic E-state index is 0.0670. The molecule has 1 N–H and O–H groups in total. The van der Waals surface area contributed by atoms with Crippen LogP contribution < -0.4 is 5.32 Å². The van der Waals surface area contributed by atoms with Crippen LogP contribution in [0.3, 0.4) is 0 Å². The second kappa shape index (κ2) is 7.21. The van der Waals surface area contributed by atoms with Crippen molar-refractivity contribution in [2.24, 2.45) is 0 Å². The molecule has 8 nitrogen and oxygen atoms in total. The van der Waals surface area contributed by atoms with Gasteiger partial charge in [0.05, 0.1) is 23.1 Å². The lowest BCUT2D eigenvalue weighted by molar-refractivity contribution is -0.122. The average Bonchev–Trinajstić information content (AvgIpc) is 2.59. The topological polar surface area (TPSA) is 96.0 Å². The van der Waals surface area contributed by atoms with Crippen LogP contribution in [0, 0.1) is 0 Å². The predicted molar refractivity (Wildman–Crippen MR) is 98.7 cm³/mol. The number of rotatable bonds is 3. The van der Waals surface area contributed by atoms with Crippen LogP contribution in [-0.4, -0.2) is 73.9 Å². The molecule has 1 aromatic rings. The van der Waals surface area contributed by atoms with E-state index < -0.39 is 15.6 Å². The van der Waals surface area contributed by atoms with Crippen LogP contribution in [0.15, 0.2) is 29.2 Å². The molecule has 27 heavy (non-hydrogen) atoms. The normalized spacial score (nSPS) is 23.7. The van der Waals surface area contributed by atoms with Gasteiger partial charge < -0.3 is 15.0 Å². The molecule has 2 heterocycles. The van der Waals surface area contributed by atoms with Gasteiger partial charge in [-0.3, -0.25) is 9.59 Å². The van der Waals surface area contributed by atoms with Crippen molar-refractivity contribution in [2.75, 3.05) is 32.7 Å². The molecule has 0 aliphatic carbocycles. The second-order valence-corrected chi connectivity index (χ2v) is 9.52. The van der Waals surface area contributed by atoms with E-state index in [2.05, 4.69) is 5.32 Å². The highest BCUT2D eigenvalue weighted by Gasteiger charge is 2.34. The van der Waals surface area contributed by atoms with Crippen LogP contribution >= 0.6 is 0 Å². The van der Waals surface area contributed by atoms with Crippen molar-refractivity contribution in [3.8, 4) is 0 Å². The molecule has 0 saturated carbocycles. The second-order valence-electron chi connectivity index (χ2n) is 7.59. The van der Waals surface area contributed by atoms with Crippen LogP contribution in [0.2, 0.25) is 0 Å². The minimum Gasteiger partial charge on any atom is -0.369 e. The maximum atomic E-state index is 12.8. The quantitative estimate of drug-likeness (QED) is 0.802. The molecule has 0 radical (unpaired) electrons. The van der Waals surface area contributed by atoms with Gasteiger partial charge in [-0.25, -0.2) is 8.42 Å². The number of nitrogens with zero attached hydrogens (tertiary/aromatic N) is 2. The van der Waals surface area contributed by atoms with Crippen LogP contribution in [0.4, 0.5) is 0 Å². The molecule has 148 valence electrons. The number of morpholine rings is 1. The van der Waals surface area contributed by atoms with E-state index in [1.807, 2.05) is 20.8 Å². The zero-order valence-electron chi connectivity index (χ0n) is 15.8. The summed E-state index contributed by atoms with van der Waals surface area (Å²) in [5.41, 5.74) is 0.000989. The molecule has 0 aromatic heterocycles. The standard InChI is InChI=1S/C18H25N3O5S/c1-13-10-20(12-18(2,3)26-13)17(23)14-4-6-15(7-5-14)27(24,25)21-9-8-19-16(22)11-21/h4-7,13H,8-12H2,1-3H3,(H,19,22). The first kappa shape index (κ1) is 19.8. The summed E-state index contributed by atoms with van der Waals surface area (Å²) in [7, 11) is -3.76. The van der Waals surface area contributed by atoms with E-state index in [-0.39, 0.29) is 35.9 Å². The van der Waals surface area contributed by atoms with Crippen LogP contribution in [0.1, 0.15) is 31.1 Å². The molecule has 1 unspecified atom stereocenters. The Morgan fingerprint density at radius 3 is 2.52 bits per heavy atom. The van der Waals surface area contributed by atoms with Crippen LogP contribution in [0.25, 0.3) is 0 Å². The number of hydrogen-bond acceptors (Lipinski definition) is 5. The van der Waals surface area contributed by atoms with E-state index in [0.717, 1.165) is 4.31 Å². The summed E-state index contributed by atoms with van der Waals surface area (Å²) in [5, 5.41) is 2.60. The summed E-state index contributed by atoms with van der Waals surface area (Å²) >= 11 is 0. The van der Waals surface area contributed by atoms with Crippen molar-refractivity contribution in [1.29, 1.82) is 0 Å². The van der Waals surface area contributed by atoms with Gasteiger partial charge in [-0.15, -0.1) is 0 Å². The maximum Gasteiger partial charge on any atom is 0.254 e. The van der Waals surface area contributed by atoms with Crippen molar-refractivity contribution in [2.45, 2.75) is 37.4 Å². The number of nitrogens with one attached hydrogen (secondary N) is 1. The minimum atomic E-state index is -3.76. The van der Waals surface area contributed by atoms with Gasteiger partial charge in [0.15, 0.2) is 0 Å². The Balaban J connectivity index is 1.77. The van der Waals surface area contributed by atoms with Crippen molar-refractivity contribution in [3.05, 3.63) is 29.8 Å². The molecular formula is C18H25N3O5S. The van der Waals surface area contributed by atoms with Gasteiger partial charge in [0.1, 0.15) is 0 Å². The average molecular weight is 395 g/mol. The monoisotopic (exact) mass is 395 g/mol. The smallest absolute Gasteiger partial charge is 0.254 e. The summed E-state index contributed by atoms with van der Waals surface area (Å²) in [6.07, 6.45) is -0.0670. The highest BCUT2D eigenvalue weighted by Crippen LogP contribution is 2.23. The van der Waals surface area contributed by atoms with Crippen molar-refractivity contribution >= 4 is 21.8 Å². The predicted octanol–water partition coefficient (Wildman–Crippen LogP) is 0.447. The van der Waals surface area contributed by atoms with Gasteiger partial charge in [-0.1, -0.05) is 0 Å². The Hall–Kier alpha value is -1.97. The number of hydrogen-bond donors (Lipinski definition) is 1. The van der Waals surface area contributed by atoms with Gasteiger partial charge in [-0.05, 0) is 45.0 Å². The van der Waals surface area contributed by atoms with Crippen LogP contribution in [-0.2, 0) is 19.6 Å². The molecule has 3 rings (SSSR count). The zero-order chi connectivity index (χ0) is 19.8. The summed E-state index contributed by atoms with van der Waals surface area (Å²) in [4.78, 5) is 26.1. The highest BCUT2D eigenvalue weighted by molar-refractivity contribution is 7.89. The Bertz CT molecular complexity index is 835. The van der Waals surface area contributed by atoms with E-state index in [0.29, 0.717) is 25.2 Å². The van der Waals surface area contributed by atoms with E-state index in [1.165, 1.54) is 24.3 Å². The van der Waals surface area contributed by atoms with E-state index in [9.17, 15) is 18.0 Å². The molecule has 9 heteroatoms. The summed E-state index contributed by atoms with van der Waals surface area (Å²) < 4.78 is 32.3. The Labute approximate surface area is 159 Å². The summed E-state index contributed by atoms with van der Waals surface area (Å²) in [5.74, 6) is -0.472. The number of ether oxygens (including phenoxy) is 1. The summed E-state index contributed by atoms with van der Waals surface area (Å²) in [6, 6.07) is 5.88. The number of amides is 2. The molecule has 2 aliphatic heterocycles. The molecule has 1 aromatic carbocycles. The lowest BCUT2D eigenvalue weighted by Gasteiger charge is -2.41. The first-order valence-electron chi connectivity index (χ1n) is 8.92. The van der Waals surface area contributed by atoms with Gasteiger partial charge in [-0.2, -0.15) is 4.31 Å². The molecule has 0 bridgehead atoms. The zero-order valence-corrected chi connectivity index (χ0v) is 16.6. The molecule has 1 atom stereocenters. The molecule has 2 fully saturated rings. The van der Waals surface area contributed by atoms with Crippen LogP contribution in [0.5, 0.6) is 0 Å². The molecule has 0 spiro atoms. The van der Waals surface area contributed by atoms with E-state index >= 15 is 0 Å². The van der Waals surface area contributed by atoms with Gasteiger partial charge in [0.2, 0.25) is 15.9 Å². The Morgan fingerprint density at radius 2 is 1.93 bits per heavy atom. The lowest BCUT2D eigenvalue weighted by atomic mass is 10.0. The first-order chi connectivity index (χ1) is 12.6. The van der Waals surface area contributed by atoms with Crippen molar-refractivity contribution < 1.29 is 22.7 Å². The molecule has 2 saturated heterocycles. The Kier molecular flexibility index (Phi) is 5.29. The third-order valence-electron chi connectivity index (χ3n) is 4.60.